The molecular weight excluding hydrogens is 388 g/mol. The summed E-state index contributed by atoms with van der Waals surface area (Å²) in [5.41, 5.74) is 4.94. The lowest BCUT2D eigenvalue weighted by Gasteiger charge is -2.11. The minimum absolute atomic E-state index is 0.00363. The van der Waals surface area contributed by atoms with Gasteiger partial charge in [-0.25, -0.2) is 0 Å². The minimum atomic E-state index is -0.440. The van der Waals surface area contributed by atoms with Crippen molar-refractivity contribution in [3.8, 4) is 0 Å². The average molecular weight is 427 g/mol. The zero-order chi connectivity index (χ0) is 23.2. The van der Waals surface area contributed by atoms with Gasteiger partial charge in [0, 0.05) is 5.92 Å². The Labute approximate surface area is 188 Å². The van der Waals surface area contributed by atoms with Crippen LogP contribution in [-0.2, 0) is 19.1 Å². The number of benzene rings is 1. The van der Waals surface area contributed by atoms with Crippen molar-refractivity contribution in [2.75, 3.05) is 6.61 Å². The summed E-state index contributed by atoms with van der Waals surface area (Å²) >= 11 is 0. The maximum atomic E-state index is 11.9. The molecule has 4 heteroatoms. The van der Waals surface area contributed by atoms with E-state index in [0.29, 0.717) is 5.92 Å². The van der Waals surface area contributed by atoms with Crippen molar-refractivity contribution < 1.29 is 19.1 Å². The van der Waals surface area contributed by atoms with Crippen molar-refractivity contribution in [1.29, 1.82) is 0 Å². The highest BCUT2D eigenvalue weighted by atomic mass is 16.5. The van der Waals surface area contributed by atoms with E-state index in [9.17, 15) is 9.59 Å². The predicted molar refractivity (Wildman–Crippen MR) is 127 cm³/mol. The standard InChI is InChI=1S/C27H38O4/c1-20(2)9-7-10-22(5)15-17-30-26(28)13-14-27(29)31-18-16-23(6)25-12-8-11-24(19-25)21(3)4/h8-9,11-12,15-16,18-19,21,23H,7,10,13-14,17H2,1-6H3. The van der Waals surface area contributed by atoms with Gasteiger partial charge in [-0.3, -0.25) is 9.59 Å². The van der Waals surface area contributed by atoms with Gasteiger partial charge in [0.2, 0.25) is 0 Å². The van der Waals surface area contributed by atoms with Crippen molar-refractivity contribution in [1.82, 2.24) is 0 Å². The minimum Gasteiger partial charge on any atom is -0.461 e. The number of rotatable bonds is 12. The Morgan fingerprint density at radius 1 is 0.935 bits per heavy atom. The molecule has 170 valence electrons. The number of hydrogen-bond donors (Lipinski definition) is 0. The molecule has 0 amide bonds. The van der Waals surface area contributed by atoms with Gasteiger partial charge in [-0.15, -0.1) is 0 Å². The first kappa shape index (κ1) is 26.4. The highest BCUT2D eigenvalue weighted by molar-refractivity contribution is 5.77. The van der Waals surface area contributed by atoms with Crippen molar-refractivity contribution in [2.45, 2.75) is 79.1 Å². The van der Waals surface area contributed by atoms with Crippen molar-refractivity contribution in [2.24, 2.45) is 0 Å². The molecule has 1 aromatic rings. The number of esters is 2. The smallest absolute Gasteiger partial charge is 0.311 e. The molecule has 1 atom stereocenters. The van der Waals surface area contributed by atoms with Crippen LogP contribution < -0.4 is 0 Å². The fraction of sp³-hybridized carbons (Fsp3) is 0.481. The Morgan fingerprint density at radius 3 is 2.29 bits per heavy atom. The van der Waals surface area contributed by atoms with Crippen LogP contribution in [0.25, 0.3) is 0 Å². The molecule has 31 heavy (non-hydrogen) atoms. The molecule has 0 aliphatic carbocycles. The molecule has 0 saturated heterocycles. The number of hydrogen-bond acceptors (Lipinski definition) is 4. The lowest BCUT2D eigenvalue weighted by molar-refractivity contribution is -0.147. The summed E-state index contributed by atoms with van der Waals surface area (Å²) in [6.07, 6.45) is 9.31. The number of allylic oxidation sites excluding steroid dienone is 4. The second kappa shape index (κ2) is 14.4. The first-order valence-electron chi connectivity index (χ1n) is 11.1. The number of ether oxygens (including phenoxy) is 2. The molecule has 0 aliphatic heterocycles. The van der Waals surface area contributed by atoms with Gasteiger partial charge in [-0.1, -0.05) is 62.3 Å². The van der Waals surface area contributed by atoms with Gasteiger partial charge in [0.15, 0.2) is 0 Å². The maximum absolute atomic E-state index is 11.9. The molecule has 1 rings (SSSR count). The van der Waals surface area contributed by atoms with Gasteiger partial charge >= 0.3 is 11.9 Å². The van der Waals surface area contributed by atoms with Crippen LogP contribution in [0.5, 0.6) is 0 Å². The molecule has 0 N–H and O–H groups in total. The van der Waals surface area contributed by atoms with Crippen LogP contribution in [0.1, 0.15) is 90.2 Å². The third-order valence-electron chi connectivity index (χ3n) is 4.97. The fourth-order valence-electron chi connectivity index (χ4n) is 2.85. The summed E-state index contributed by atoms with van der Waals surface area (Å²) in [5.74, 6) is -0.239. The summed E-state index contributed by atoms with van der Waals surface area (Å²) in [6, 6.07) is 8.41. The molecule has 0 heterocycles. The highest BCUT2D eigenvalue weighted by Gasteiger charge is 2.09. The van der Waals surface area contributed by atoms with Crippen LogP contribution in [0, 0.1) is 0 Å². The van der Waals surface area contributed by atoms with Crippen LogP contribution in [-0.4, -0.2) is 18.5 Å². The zero-order valence-corrected chi connectivity index (χ0v) is 19.9. The van der Waals surface area contributed by atoms with Crippen molar-refractivity contribution in [3.63, 3.8) is 0 Å². The van der Waals surface area contributed by atoms with Gasteiger partial charge in [-0.2, -0.15) is 0 Å². The summed E-state index contributed by atoms with van der Waals surface area (Å²) in [4.78, 5) is 23.7. The predicted octanol–water partition coefficient (Wildman–Crippen LogP) is 6.99. The third-order valence-corrected chi connectivity index (χ3v) is 4.97. The Kier molecular flexibility index (Phi) is 12.3. The Morgan fingerprint density at radius 2 is 1.61 bits per heavy atom. The van der Waals surface area contributed by atoms with Crippen molar-refractivity contribution in [3.05, 3.63) is 71.0 Å². The molecule has 0 aromatic heterocycles. The van der Waals surface area contributed by atoms with E-state index in [-0.39, 0.29) is 25.4 Å². The average Bonchev–Trinajstić information content (AvgIpc) is 2.72. The lowest BCUT2D eigenvalue weighted by Crippen LogP contribution is -2.09. The van der Waals surface area contributed by atoms with Gasteiger partial charge < -0.3 is 9.47 Å². The van der Waals surface area contributed by atoms with E-state index in [0.717, 1.165) is 12.8 Å². The van der Waals surface area contributed by atoms with Crippen LogP contribution in [0.15, 0.2) is 59.9 Å². The zero-order valence-electron chi connectivity index (χ0n) is 19.9. The fourth-order valence-corrected chi connectivity index (χ4v) is 2.85. The van der Waals surface area contributed by atoms with E-state index in [1.807, 2.05) is 25.1 Å². The largest absolute Gasteiger partial charge is 0.461 e. The lowest BCUT2D eigenvalue weighted by atomic mass is 9.95. The van der Waals surface area contributed by atoms with E-state index < -0.39 is 11.9 Å². The molecule has 1 aromatic carbocycles. The highest BCUT2D eigenvalue weighted by Crippen LogP contribution is 2.22. The summed E-state index contributed by atoms with van der Waals surface area (Å²) < 4.78 is 10.3. The molecule has 0 radical (unpaired) electrons. The van der Waals surface area contributed by atoms with E-state index >= 15 is 0 Å². The number of carbonyl (C=O) groups is 2. The van der Waals surface area contributed by atoms with E-state index in [4.69, 9.17) is 9.47 Å². The summed E-state index contributed by atoms with van der Waals surface area (Å²) in [7, 11) is 0. The molecular formula is C27H38O4. The van der Waals surface area contributed by atoms with Crippen LogP contribution in [0.4, 0.5) is 0 Å². The van der Waals surface area contributed by atoms with Crippen LogP contribution >= 0.6 is 0 Å². The Balaban J connectivity index is 2.31. The summed E-state index contributed by atoms with van der Waals surface area (Å²) in [5, 5.41) is 0. The van der Waals surface area contributed by atoms with Gasteiger partial charge in [0.05, 0.1) is 19.1 Å². The first-order chi connectivity index (χ1) is 14.7. The second-order valence-corrected chi connectivity index (χ2v) is 8.49. The SMILES string of the molecule is CC(C)=CCCC(C)=CCOC(=O)CCC(=O)OC=CC(C)c1cccc(C(C)C)c1. The molecule has 4 nitrogen and oxygen atoms in total. The Hall–Kier alpha value is -2.62. The summed E-state index contributed by atoms with van der Waals surface area (Å²) in [6.45, 7) is 12.8. The molecule has 0 fully saturated rings. The third kappa shape index (κ3) is 12.0. The maximum Gasteiger partial charge on any atom is 0.311 e. The molecule has 0 aliphatic rings. The Bertz CT molecular complexity index is 795. The van der Waals surface area contributed by atoms with Gasteiger partial charge in [0.1, 0.15) is 6.61 Å². The van der Waals surface area contributed by atoms with E-state index in [2.05, 4.69) is 58.9 Å². The molecule has 1 unspecified atom stereocenters. The topological polar surface area (TPSA) is 52.6 Å². The second-order valence-electron chi connectivity index (χ2n) is 8.49. The monoisotopic (exact) mass is 426 g/mol. The molecule has 0 spiro atoms. The number of carbonyl (C=O) groups excluding carboxylic acids is 2. The van der Waals surface area contributed by atoms with Crippen LogP contribution in [0.3, 0.4) is 0 Å². The van der Waals surface area contributed by atoms with Gasteiger partial charge in [0.25, 0.3) is 0 Å². The first-order valence-corrected chi connectivity index (χ1v) is 11.1. The van der Waals surface area contributed by atoms with Gasteiger partial charge in [-0.05, 0) is 62.8 Å². The van der Waals surface area contributed by atoms with Crippen molar-refractivity contribution >= 4 is 11.9 Å². The van der Waals surface area contributed by atoms with Crippen LogP contribution in [0.2, 0.25) is 0 Å². The normalized spacial score (nSPS) is 12.7. The van der Waals surface area contributed by atoms with E-state index in [1.54, 1.807) is 0 Å². The quantitative estimate of drug-likeness (QED) is 0.205. The van der Waals surface area contributed by atoms with E-state index in [1.165, 1.54) is 28.5 Å². The molecule has 0 bridgehead atoms. The molecule has 0 saturated carbocycles.